The molecule has 0 heterocycles. The van der Waals surface area contributed by atoms with E-state index in [4.69, 9.17) is 26.4 Å². The predicted octanol–water partition coefficient (Wildman–Crippen LogP) is 6.46. The molecule has 196 valence electrons. The highest BCUT2D eigenvalue weighted by molar-refractivity contribution is 7.80. The SMILES string of the molecule is Cc1ccc(C)c(OCCCC(C)(C)C(=O)NC(=S)Nc2ccccc2OCCOc2ccccc2)c1. The summed E-state index contributed by atoms with van der Waals surface area (Å²) < 4.78 is 17.5. The number of nitrogens with one attached hydrogen (secondary N) is 2. The highest BCUT2D eigenvalue weighted by Crippen LogP contribution is 2.26. The van der Waals surface area contributed by atoms with Crippen molar-refractivity contribution >= 4 is 28.9 Å². The summed E-state index contributed by atoms with van der Waals surface area (Å²) in [6.07, 6.45) is 1.41. The molecule has 3 aromatic carbocycles. The zero-order valence-electron chi connectivity index (χ0n) is 22.0. The maximum atomic E-state index is 12.9. The number of hydrogen-bond donors (Lipinski definition) is 2. The molecular formula is C30H36N2O4S. The first-order valence-electron chi connectivity index (χ1n) is 12.5. The average Bonchev–Trinajstić information content (AvgIpc) is 2.88. The van der Waals surface area contributed by atoms with Crippen LogP contribution in [0.25, 0.3) is 0 Å². The molecule has 3 rings (SSSR count). The largest absolute Gasteiger partial charge is 0.493 e. The molecule has 0 atom stereocenters. The fourth-order valence-electron chi connectivity index (χ4n) is 3.62. The number of anilines is 1. The fraction of sp³-hybridized carbons (Fsp3) is 0.333. The van der Waals surface area contributed by atoms with Gasteiger partial charge >= 0.3 is 0 Å². The summed E-state index contributed by atoms with van der Waals surface area (Å²) in [7, 11) is 0. The Morgan fingerprint density at radius 2 is 1.51 bits per heavy atom. The van der Waals surface area contributed by atoms with E-state index < -0.39 is 5.41 Å². The van der Waals surface area contributed by atoms with E-state index in [1.165, 1.54) is 0 Å². The van der Waals surface area contributed by atoms with Gasteiger partial charge in [0.25, 0.3) is 0 Å². The van der Waals surface area contributed by atoms with E-state index in [9.17, 15) is 4.79 Å². The third-order valence-corrected chi connectivity index (χ3v) is 6.08. The highest BCUT2D eigenvalue weighted by Gasteiger charge is 2.28. The number of aryl methyl sites for hydroxylation is 2. The first kappa shape index (κ1) is 28.0. The Labute approximate surface area is 225 Å². The Kier molecular flexibility index (Phi) is 10.3. The average molecular weight is 521 g/mol. The Hall–Kier alpha value is -3.58. The maximum Gasteiger partial charge on any atom is 0.231 e. The number of thiocarbonyl (C=S) groups is 1. The summed E-state index contributed by atoms with van der Waals surface area (Å²) in [6.45, 7) is 9.20. The second-order valence-corrected chi connectivity index (χ2v) is 9.93. The summed E-state index contributed by atoms with van der Waals surface area (Å²) in [5, 5.41) is 6.12. The van der Waals surface area contributed by atoms with Gasteiger partial charge < -0.3 is 24.8 Å². The van der Waals surface area contributed by atoms with Crippen molar-refractivity contribution in [1.82, 2.24) is 5.32 Å². The molecule has 0 radical (unpaired) electrons. The van der Waals surface area contributed by atoms with Crippen LogP contribution in [0.5, 0.6) is 17.2 Å². The van der Waals surface area contributed by atoms with Crippen molar-refractivity contribution in [3.05, 3.63) is 83.9 Å². The molecule has 37 heavy (non-hydrogen) atoms. The molecule has 0 spiro atoms. The first-order valence-corrected chi connectivity index (χ1v) is 12.9. The van der Waals surface area contributed by atoms with Crippen molar-refractivity contribution in [3.8, 4) is 17.2 Å². The van der Waals surface area contributed by atoms with Crippen LogP contribution in [0.3, 0.4) is 0 Å². The fourth-order valence-corrected chi connectivity index (χ4v) is 3.82. The van der Waals surface area contributed by atoms with Gasteiger partial charge in [-0.25, -0.2) is 0 Å². The van der Waals surface area contributed by atoms with Gasteiger partial charge in [-0.05, 0) is 80.4 Å². The molecule has 7 heteroatoms. The molecule has 3 aromatic rings. The highest BCUT2D eigenvalue weighted by atomic mass is 32.1. The molecule has 0 aliphatic carbocycles. The smallest absolute Gasteiger partial charge is 0.231 e. The molecular weight excluding hydrogens is 484 g/mol. The third-order valence-electron chi connectivity index (χ3n) is 5.88. The Balaban J connectivity index is 1.43. The van der Waals surface area contributed by atoms with Gasteiger partial charge in [0, 0.05) is 5.41 Å². The number of amides is 1. The lowest BCUT2D eigenvalue weighted by Gasteiger charge is -2.24. The van der Waals surface area contributed by atoms with Crippen molar-refractivity contribution < 1.29 is 19.0 Å². The molecule has 0 aromatic heterocycles. The summed E-state index contributed by atoms with van der Waals surface area (Å²) in [6, 6.07) is 23.2. The van der Waals surface area contributed by atoms with Gasteiger partial charge in [0.05, 0.1) is 12.3 Å². The summed E-state index contributed by atoms with van der Waals surface area (Å²) >= 11 is 5.42. The van der Waals surface area contributed by atoms with Gasteiger partial charge in [-0.15, -0.1) is 0 Å². The van der Waals surface area contributed by atoms with Gasteiger partial charge in [-0.3, -0.25) is 4.79 Å². The number of para-hydroxylation sites is 3. The molecule has 0 bridgehead atoms. The quantitative estimate of drug-likeness (QED) is 0.211. The van der Waals surface area contributed by atoms with Crippen LogP contribution in [0.1, 0.15) is 37.8 Å². The van der Waals surface area contributed by atoms with E-state index in [0.29, 0.717) is 37.7 Å². The lowest BCUT2D eigenvalue weighted by atomic mass is 9.87. The minimum absolute atomic E-state index is 0.147. The number of carbonyl (C=O) groups excluding carboxylic acids is 1. The Bertz CT molecular complexity index is 1180. The molecule has 0 saturated carbocycles. The van der Waals surface area contributed by atoms with E-state index >= 15 is 0 Å². The van der Waals surface area contributed by atoms with E-state index in [2.05, 4.69) is 22.8 Å². The summed E-state index contributed by atoms with van der Waals surface area (Å²) in [4.78, 5) is 12.9. The third kappa shape index (κ3) is 9.10. The molecule has 0 saturated heterocycles. The number of ether oxygens (including phenoxy) is 3. The van der Waals surface area contributed by atoms with Crippen molar-refractivity contribution in [2.75, 3.05) is 25.1 Å². The van der Waals surface area contributed by atoms with Crippen LogP contribution in [0, 0.1) is 19.3 Å². The van der Waals surface area contributed by atoms with E-state index in [0.717, 1.165) is 29.0 Å². The van der Waals surface area contributed by atoms with Gasteiger partial charge in [0.1, 0.15) is 30.5 Å². The normalized spacial score (nSPS) is 10.9. The molecule has 2 N–H and O–H groups in total. The Morgan fingerprint density at radius 1 is 0.838 bits per heavy atom. The molecule has 0 unspecified atom stereocenters. The monoisotopic (exact) mass is 520 g/mol. The van der Waals surface area contributed by atoms with Crippen molar-refractivity contribution in [2.45, 2.75) is 40.5 Å². The van der Waals surface area contributed by atoms with Gasteiger partial charge in [0.15, 0.2) is 5.11 Å². The van der Waals surface area contributed by atoms with Crippen LogP contribution in [0.2, 0.25) is 0 Å². The van der Waals surface area contributed by atoms with Crippen LogP contribution >= 0.6 is 12.2 Å². The second kappa shape index (κ2) is 13.7. The van der Waals surface area contributed by atoms with Crippen molar-refractivity contribution in [3.63, 3.8) is 0 Å². The summed E-state index contributed by atoms with van der Waals surface area (Å²) in [5.41, 5.74) is 2.33. The second-order valence-electron chi connectivity index (χ2n) is 9.52. The maximum absolute atomic E-state index is 12.9. The minimum atomic E-state index is -0.610. The van der Waals surface area contributed by atoms with Crippen molar-refractivity contribution in [2.24, 2.45) is 5.41 Å². The summed E-state index contributed by atoms with van der Waals surface area (Å²) in [5.74, 6) is 2.16. The van der Waals surface area contributed by atoms with E-state index in [1.54, 1.807) is 0 Å². The van der Waals surface area contributed by atoms with Crippen LogP contribution in [-0.4, -0.2) is 30.8 Å². The van der Waals surface area contributed by atoms with Crippen LogP contribution in [0.15, 0.2) is 72.8 Å². The predicted molar refractivity (Wildman–Crippen MR) is 153 cm³/mol. The van der Waals surface area contributed by atoms with Gasteiger partial charge in [-0.2, -0.15) is 0 Å². The topological polar surface area (TPSA) is 68.8 Å². The number of hydrogen-bond acceptors (Lipinski definition) is 5. The zero-order valence-corrected chi connectivity index (χ0v) is 22.8. The molecule has 0 aliphatic rings. The van der Waals surface area contributed by atoms with Gasteiger partial charge in [-0.1, -0.05) is 56.3 Å². The standard InChI is InChI=1S/C30H36N2O4S/c1-22-15-16-23(2)27(21-22)35-18-10-17-30(3,4)28(33)32-29(37)31-25-13-8-9-14-26(25)36-20-19-34-24-11-6-5-7-12-24/h5-9,11-16,21H,10,17-20H2,1-4H3,(H2,31,32,33,37). The minimum Gasteiger partial charge on any atom is -0.493 e. The molecule has 0 fully saturated rings. The van der Waals surface area contributed by atoms with Gasteiger partial charge in [0.2, 0.25) is 5.91 Å². The molecule has 1 amide bonds. The van der Waals surface area contributed by atoms with E-state index in [-0.39, 0.29) is 11.0 Å². The van der Waals surface area contributed by atoms with Crippen molar-refractivity contribution in [1.29, 1.82) is 0 Å². The van der Waals surface area contributed by atoms with Crippen LogP contribution < -0.4 is 24.8 Å². The molecule has 0 aliphatic heterocycles. The first-order chi connectivity index (χ1) is 17.7. The molecule has 6 nitrogen and oxygen atoms in total. The Morgan fingerprint density at radius 3 is 2.30 bits per heavy atom. The number of rotatable bonds is 12. The zero-order chi connectivity index (χ0) is 26.7. The lowest BCUT2D eigenvalue weighted by molar-refractivity contribution is -0.128. The lowest BCUT2D eigenvalue weighted by Crippen LogP contribution is -2.42. The van der Waals surface area contributed by atoms with Crippen LogP contribution in [-0.2, 0) is 4.79 Å². The number of benzene rings is 3. The van der Waals surface area contributed by atoms with Crippen LogP contribution in [0.4, 0.5) is 5.69 Å². The number of carbonyl (C=O) groups is 1. The van der Waals surface area contributed by atoms with E-state index in [1.807, 2.05) is 88.4 Å².